The number of carbonyl (C=O) groups is 3. The number of anilines is 1. The van der Waals surface area contributed by atoms with Crippen molar-refractivity contribution in [3.63, 3.8) is 0 Å². The molecule has 0 aliphatic heterocycles. The highest BCUT2D eigenvalue weighted by atomic mass is 19.2. The Labute approximate surface area is 141 Å². The van der Waals surface area contributed by atoms with Crippen molar-refractivity contribution >= 4 is 23.5 Å². The Balaban J connectivity index is 2.07. The Hall–Kier alpha value is -3.29. The van der Waals surface area contributed by atoms with Crippen LogP contribution in [0.15, 0.2) is 42.5 Å². The van der Waals surface area contributed by atoms with Gasteiger partial charge in [-0.05, 0) is 36.4 Å². The van der Waals surface area contributed by atoms with Crippen LogP contribution in [0.5, 0.6) is 0 Å². The smallest absolute Gasteiger partial charge is 0.325 e. The highest BCUT2D eigenvalue weighted by Crippen LogP contribution is 2.14. The number of hydrogen-bond donors (Lipinski definition) is 2. The second-order valence-electron chi connectivity index (χ2n) is 4.92. The third kappa shape index (κ3) is 4.84. The summed E-state index contributed by atoms with van der Waals surface area (Å²) in [5.74, 6) is -3.99. The average Bonchev–Trinajstić information content (AvgIpc) is 2.61. The van der Waals surface area contributed by atoms with Crippen LogP contribution < -0.4 is 10.6 Å². The van der Waals surface area contributed by atoms with Crippen LogP contribution in [-0.4, -0.2) is 31.4 Å². The lowest BCUT2D eigenvalue weighted by Gasteiger charge is -2.08. The van der Waals surface area contributed by atoms with Crippen molar-refractivity contribution in [1.82, 2.24) is 5.32 Å². The van der Waals surface area contributed by atoms with Crippen molar-refractivity contribution in [3.05, 3.63) is 65.2 Å². The fraction of sp³-hybridized carbons (Fsp3) is 0.118. The normalized spacial score (nSPS) is 10.0. The molecule has 0 unspecified atom stereocenters. The van der Waals surface area contributed by atoms with E-state index >= 15 is 0 Å². The Kier molecular flexibility index (Phi) is 5.78. The second kappa shape index (κ2) is 8.00. The van der Waals surface area contributed by atoms with Crippen molar-refractivity contribution in [3.8, 4) is 0 Å². The van der Waals surface area contributed by atoms with Crippen molar-refractivity contribution in [2.24, 2.45) is 0 Å². The van der Waals surface area contributed by atoms with Crippen LogP contribution in [0.25, 0.3) is 0 Å². The first-order valence-corrected chi connectivity index (χ1v) is 7.12. The van der Waals surface area contributed by atoms with Gasteiger partial charge in [-0.15, -0.1) is 0 Å². The predicted molar refractivity (Wildman–Crippen MR) is 85.1 cm³/mol. The average molecular weight is 348 g/mol. The van der Waals surface area contributed by atoms with Crippen LogP contribution in [0.4, 0.5) is 14.5 Å². The molecule has 2 aromatic rings. The molecule has 0 atom stereocenters. The highest BCUT2D eigenvalue weighted by molar-refractivity contribution is 6.05. The molecule has 0 aromatic heterocycles. The van der Waals surface area contributed by atoms with Gasteiger partial charge in [-0.2, -0.15) is 0 Å². The first kappa shape index (κ1) is 18.1. The molecule has 0 bridgehead atoms. The van der Waals surface area contributed by atoms with Crippen LogP contribution in [-0.2, 0) is 9.53 Å². The summed E-state index contributed by atoms with van der Waals surface area (Å²) in [4.78, 5) is 35.0. The van der Waals surface area contributed by atoms with Crippen LogP contribution >= 0.6 is 0 Å². The largest absolute Gasteiger partial charge is 0.468 e. The molecule has 0 aliphatic rings. The van der Waals surface area contributed by atoms with Gasteiger partial charge in [0.25, 0.3) is 11.8 Å². The number of rotatable bonds is 5. The molecule has 0 aliphatic carbocycles. The lowest BCUT2D eigenvalue weighted by Crippen LogP contribution is -2.30. The third-order valence-corrected chi connectivity index (χ3v) is 3.19. The Morgan fingerprint density at radius 2 is 1.68 bits per heavy atom. The molecule has 6 nitrogen and oxygen atoms in total. The predicted octanol–water partition coefficient (Wildman–Crippen LogP) is 2.12. The fourth-order valence-corrected chi connectivity index (χ4v) is 1.91. The molecule has 0 spiro atoms. The maximum absolute atomic E-state index is 13.2. The molecule has 2 aromatic carbocycles. The van der Waals surface area contributed by atoms with E-state index in [1.54, 1.807) is 0 Å². The van der Waals surface area contributed by atoms with Crippen LogP contribution in [0.2, 0.25) is 0 Å². The van der Waals surface area contributed by atoms with Crippen molar-refractivity contribution in [2.75, 3.05) is 19.0 Å². The van der Waals surface area contributed by atoms with Gasteiger partial charge in [0.15, 0.2) is 11.6 Å². The number of amides is 2. The van der Waals surface area contributed by atoms with E-state index < -0.39 is 29.4 Å². The molecule has 0 saturated carbocycles. The van der Waals surface area contributed by atoms with Crippen molar-refractivity contribution in [2.45, 2.75) is 0 Å². The molecule has 25 heavy (non-hydrogen) atoms. The number of ether oxygens (including phenoxy) is 1. The Morgan fingerprint density at radius 1 is 0.960 bits per heavy atom. The van der Waals surface area contributed by atoms with Gasteiger partial charge >= 0.3 is 5.97 Å². The maximum atomic E-state index is 13.2. The van der Waals surface area contributed by atoms with E-state index in [1.807, 2.05) is 0 Å². The molecular formula is C17H14F2N2O4. The van der Waals surface area contributed by atoms with E-state index in [0.29, 0.717) is 0 Å². The zero-order chi connectivity index (χ0) is 18.4. The number of nitrogens with one attached hydrogen (secondary N) is 2. The maximum Gasteiger partial charge on any atom is 0.325 e. The van der Waals surface area contributed by atoms with E-state index in [-0.39, 0.29) is 23.4 Å². The molecule has 0 fully saturated rings. The lowest BCUT2D eigenvalue weighted by atomic mass is 10.1. The van der Waals surface area contributed by atoms with Crippen LogP contribution in [0, 0.1) is 11.6 Å². The van der Waals surface area contributed by atoms with E-state index in [0.717, 1.165) is 18.2 Å². The summed E-state index contributed by atoms with van der Waals surface area (Å²) in [5.41, 5.74) is 0.409. The van der Waals surface area contributed by atoms with Crippen LogP contribution in [0.3, 0.4) is 0 Å². The number of carbonyl (C=O) groups excluding carboxylic acids is 3. The minimum Gasteiger partial charge on any atom is -0.468 e. The minimum atomic E-state index is -1.14. The zero-order valence-corrected chi connectivity index (χ0v) is 13.1. The van der Waals surface area contributed by atoms with E-state index in [9.17, 15) is 23.2 Å². The van der Waals surface area contributed by atoms with Gasteiger partial charge in [0.2, 0.25) is 0 Å². The summed E-state index contributed by atoms with van der Waals surface area (Å²) in [6, 6.07) is 8.67. The van der Waals surface area contributed by atoms with Crippen molar-refractivity contribution in [1.29, 1.82) is 0 Å². The van der Waals surface area contributed by atoms with Crippen molar-refractivity contribution < 1.29 is 27.9 Å². The molecule has 8 heteroatoms. The van der Waals surface area contributed by atoms with E-state index in [2.05, 4.69) is 15.4 Å². The number of esters is 1. The standard InChI is InChI=1S/C17H14F2N2O4/c1-25-15(22)9-20-16(23)10-3-2-4-12(7-10)21-17(24)11-5-6-13(18)14(19)8-11/h2-8H,9H2,1H3,(H,20,23)(H,21,24). The Bertz CT molecular complexity index is 824. The SMILES string of the molecule is COC(=O)CNC(=O)c1cccc(NC(=O)c2ccc(F)c(F)c2)c1. The van der Waals surface area contributed by atoms with Crippen LogP contribution in [0.1, 0.15) is 20.7 Å². The molecule has 2 N–H and O–H groups in total. The molecule has 0 heterocycles. The number of hydrogen-bond acceptors (Lipinski definition) is 4. The summed E-state index contributed by atoms with van der Waals surface area (Å²) >= 11 is 0. The summed E-state index contributed by atoms with van der Waals surface area (Å²) in [6.07, 6.45) is 0. The lowest BCUT2D eigenvalue weighted by molar-refractivity contribution is -0.139. The number of benzene rings is 2. The first-order chi connectivity index (χ1) is 11.9. The third-order valence-electron chi connectivity index (χ3n) is 3.19. The topological polar surface area (TPSA) is 84.5 Å². The quantitative estimate of drug-likeness (QED) is 0.811. The highest BCUT2D eigenvalue weighted by Gasteiger charge is 2.12. The molecule has 130 valence electrons. The van der Waals surface area contributed by atoms with Gasteiger partial charge in [0.1, 0.15) is 6.54 Å². The number of methoxy groups -OCH3 is 1. The van der Waals surface area contributed by atoms with Gasteiger partial charge in [-0.1, -0.05) is 6.07 Å². The van der Waals surface area contributed by atoms with E-state index in [4.69, 9.17) is 0 Å². The first-order valence-electron chi connectivity index (χ1n) is 7.12. The Morgan fingerprint density at radius 3 is 2.36 bits per heavy atom. The monoisotopic (exact) mass is 348 g/mol. The van der Waals surface area contributed by atoms with Gasteiger partial charge in [-0.3, -0.25) is 14.4 Å². The second-order valence-corrected chi connectivity index (χ2v) is 4.92. The van der Waals surface area contributed by atoms with Gasteiger partial charge < -0.3 is 15.4 Å². The summed E-state index contributed by atoms with van der Waals surface area (Å²) in [7, 11) is 1.20. The number of halogens is 2. The molecule has 2 rings (SSSR count). The van der Waals surface area contributed by atoms with Gasteiger partial charge in [0.05, 0.1) is 7.11 Å². The summed E-state index contributed by atoms with van der Waals surface area (Å²) in [6.45, 7) is -0.291. The summed E-state index contributed by atoms with van der Waals surface area (Å²) < 4.78 is 30.5. The molecular weight excluding hydrogens is 334 g/mol. The molecule has 0 radical (unpaired) electrons. The minimum absolute atomic E-state index is 0.0700. The van der Waals surface area contributed by atoms with E-state index in [1.165, 1.54) is 31.4 Å². The zero-order valence-electron chi connectivity index (χ0n) is 13.1. The molecule has 0 saturated heterocycles. The molecule has 2 amide bonds. The van der Waals surface area contributed by atoms with Gasteiger partial charge in [-0.25, -0.2) is 8.78 Å². The summed E-state index contributed by atoms with van der Waals surface area (Å²) in [5, 5.41) is 4.83. The fourth-order valence-electron chi connectivity index (χ4n) is 1.91. The van der Waals surface area contributed by atoms with Gasteiger partial charge in [0, 0.05) is 16.8 Å².